The molecule has 1 aliphatic rings. The highest BCUT2D eigenvalue weighted by molar-refractivity contribution is 6.31. The number of anilines is 1. The second kappa shape index (κ2) is 7.98. The number of benzene rings is 1. The molecule has 1 aliphatic heterocycles. The average Bonchev–Trinajstić information content (AvgIpc) is 3.14. The molecule has 144 valence electrons. The van der Waals surface area contributed by atoms with Crippen molar-refractivity contribution >= 4 is 23.5 Å². The molecule has 4 rings (SSSR count). The van der Waals surface area contributed by atoms with Crippen LogP contribution in [0.2, 0.25) is 5.02 Å². The Labute approximate surface area is 168 Å². The highest BCUT2D eigenvalue weighted by atomic mass is 35.5. The molecular weight excluding hydrogens is 376 g/mol. The van der Waals surface area contributed by atoms with Gasteiger partial charge in [-0.3, -0.25) is 14.3 Å². The molecule has 0 atom stereocenters. The minimum absolute atomic E-state index is 0.105. The second-order valence-corrected chi connectivity index (χ2v) is 7.14. The van der Waals surface area contributed by atoms with Crippen LogP contribution in [0.4, 0.5) is 5.95 Å². The van der Waals surface area contributed by atoms with Gasteiger partial charge in [0.15, 0.2) is 5.82 Å². The Hall–Kier alpha value is -2.93. The van der Waals surface area contributed by atoms with Crippen LogP contribution >= 0.6 is 11.6 Å². The molecule has 3 heterocycles. The Morgan fingerprint density at radius 2 is 1.86 bits per heavy atom. The molecule has 3 aromatic rings. The van der Waals surface area contributed by atoms with Crippen molar-refractivity contribution in [3.63, 3.8) is 0 Å². The van der Waals surface area contributed by atoms with Crippen molar-refractivity contribution in [3.8, 4) is 11.4 Å². The standard InChI is InChI=1S/C20H21ClN6O/c1-15(28)25-9-11-26(12-10-25)20-24-23-19(16-6-4-8-22-13-16)27(20)14-17-5-2-3-7-18(17)21/h2-8,13H,9-12,14H2,1H3. The van der Waals surface area contributed by atoms with Crippen molar-refractivity contribution in [2.75, 3.05) is 31.1 Å². The normalized spacial score (nSPS) is 14.4. The van der Waals surface area contributed by atoms with Gasteiger partial charge in [-0.1, -0.05) is 29.8 Å². The maximum atomic E-state index is 11.6. The lowest BCUT2D eigenvalue weighted by Gasteiger charge is -2.34. The highest BCUT2D eigenvalue weighted by Crippen LogP contribution is 2.26. The fourth-order valence-corrected chi connectivity index (χ4v) is 3.60. The average molecular weight is 397 g/mol. The summed E-state index contributed by atoms with van der Waals surface area (Å²) in [6, 6.07) is 11.6. The van der Waals surface area contributed by atoms with Crippen LogP contribution < -0.4 is 4.90 Å². The largest absolute Gasteiger partial charge is 0.339 e. The summed E-state index contributed by atoms with van der Waals surface area (Å²) in [6.45, 7) is 4.95. The van der Waals surface area contributed by atoms with E-state index in [2.05, 4.69) is 24.6 Å². The number of hydrogen-bond donors (Lipinski definition) is 0. The molecule has 0 spiro atoms. The van der Waals surface area contributed by atoms with Gasteiger partial charge >= 0.3 is 0 Å². The summed E-state index contributed by atoms with van der Waals surface area (Å²) in [5, 5.41) is 9.63. The molecule has 0 radical (unpaired) electrons. The van der Waals surface area contributed by atoms with Crippen molar-refractivity contribution in [1.82, 2.24) is 24.6 Å². The van der Waals surface area contributed by atoms with Gasteiger partial charge in [-0.25, -0.2) is 0 Å². The zero-order valence-electron chi connectivity index (χ0n) is 15.6. The van der Waals surface area contributed by atoms with Crippen LogP contribution in [-0.2, 0) is 11.3 Å². The van der Waals surface area contributed by atoms with Crippen molar-refractivity contribution < 1.29 is 4.79 Å². The highest BCUT2D eigenvalue weighted by Gasteiger charge is 2.25. The van der Waals surface area contributed by atoms with Gasteiger partial charge < -0.3 is 9.80 Å². The third kappa shape index (κ3) is 3.71. The van der Waals surface area contributed by atoms with E-state index in [1.54, 1.807) is 19.3 Å². The van der Waals surface area contributed by atoms with Crippen LogP contribution in [0.3, 0.4) is 0 Å². The van der Waals surface area contributed by atoms with Crippen LogP contribution in [0.5, 0.6) is 0 Å². The number of amides is 1. The van der Waals surface area contributed by atoms with E-state index in [4.69, 9.17) is 11.6 Å². The topological polar surface area (TPSA) is 67.2 Å². The van der Waals surface area contributed by atoms with Crippen molar-refractivity contribution in [3.05, 3.63) is 59.4 Å². The number of aromatic nitrogens is 4. The number of hydrogen-bond acceptors (Lipinski definition) is 5. The molecule has 28 heavy (non-hydrogen) atoms. The van der Waals surface area contributed by atoms with Gasteiger partial charge in [0.2, 0.25) is 11.9 Å². The molecule has 7 nitrogen and oxygen atoms in total. The lowest BCUT2D eigenvalue weighted by Crippen LogP contribution is -2.48. The molecule has 8 heteroatoms. The van der Waals surface area contributed by atoms with E-state index in [-0.39, 0.29) is 5.91 Å². The van der Waals surface area contributed by atoms with E-state index >= 15 is 0 Å². The number of rotatable bonds is 4. The predicted molar refractivity (Wildman–Crippen MR) is 108 cm³/mol. The van der Waals surface area contributed by atoms with Crippen molar-refractivity contribution in [2.24, 2.45) is 0 Å². The van der Waals surface area contributed by atoms with E-state index in [0.29, 0.717) is 37.7 Å². The number of carbonyl (C=O) groups excluding carboxylic acids is 1. The number of carbonyl (C=O) groups is 1. The molecule has 0 unspecified atom stereocenters. The summed E-state index contributed by atoms with van der Waals surface area (Å²) in [6.07, 6.45) is 3.52. The molecule has 0 N–H and O–H groups in total. The lowest BCUT2D eigenvalue weighted by atomic mass is 10.2. The van der Waals surface area contributed by atoms with Gasteiger partial charge in [0, 0.05) is 56.1 Å². The fraction of sp³-hybridized carbons (Fsp3) is 0.300. The van der Waals surface area contributed by atoms with Crippen LogP contribution in [-0.4, -0.2) is 56.7 Å². The second-order valence-electron chi connectivity index (χ2n) is 6.74. The molecule has 1 amide bonds. The fourth-order valence-electron chi connectivity index (χ4n) is 3.40. The van der Waals surface area contributed by atoms with Gasteiger partial charge in [-0.05, 0) is 23.8 Å². The zero-order valence-corrected chi connectivity index (χ0v) is 16.4. The molecule has 0 bridgehead atoms. The summed E-state index contributed by atoms with van der Waals surface area (Å²) in [7, 11) is 0. The van der Waals surface area contributed by atoms with Gasteiger partial charge in [0.05, 0.1) is 6.54 Å². The quantitative estimate of drug-likeness (QED) is 0.678. The Morgan fingerprint density at radius 1 is 1.07 bits per heavy atom. The summed E-state index contributed by atoms with van der Waals surface area (Å²) >= 11 is 6.41. The zero-order chi connectivity index (χ0) is 19.5. The minimum Gasteiger partial charge on any atom is -0.339 e. The molecular formula is C20H21ClN6O. The first-order valence-electron chi connectivity index (χ1n) is 9.21. The molecule has 1 aromatic carbocycles. The van der Waals surface area contributed by atoms with E-state index in [0.717, 1.165) is 22.9 Å². The molecule has 1 saturated heterocycles. The van der Waals surface area contributed by atoms with Crippen molar-refractivity contribution in [2.45, 2.75) is 13.5 Å². The summed E-state index contributed by atoms with van der Waals surface area (Å²) < 4.78 is 2.07. The van der Waals surface area contributed by atoms with Crippen LogP contribution in [0.25, 0.3) is 11.4 Å². The first-order chi connectivity index (χ1) is 13.6. The van der Waals surface area contributed by atoms with Crippen molar-refractivity contribution in [1.29, 1.82) is 0 Å². The third-order valence-electron chi connectivity index (χ3n) is 4.95. The van der Waals surface area contributed by atoms with Gasteiger partial charge in [0.25, 0.3) is 0 Å². The monoisotopic (exact) mass is 396 g/mol. The van der Waals surface area contributed by atoms with Crippen LogP contribution in [0.15, 0.2) is 48.8 Å². The molecule has 0 aliphatic carbocycles. The number of nitrogens with zero attached hydrogens (tertiary/aromatic N) is 6. The van der Waals surface area contributed by atoms with E-state index in [1.165, 1.54) is 0 Å². The number of pyridine rings is 1. The molecule has 2 aromatic heterocycles. The predicted octanol–water partition coefficient (Wildman–Crippen LogP) is 2.71. The smallest absolute Gasteiger partial charge is 0.227 e. The first kappa shape index (κ1) is 18.4. The Kier molecular flexibility index (Phi) is 5.25. The van der Waals surface area contributed by atoms with Crippen LogP contribution in [0, 0.1) is 0 Å². The molecule has 0 saturated carbocycles. The Bertz CT molecular complexity index is 966. The molecule has 1 fully saturated rings. The van der Waals surface area contributed by atoms with Gasteiger partial charge in [0.1, 0.15) is 0 Å². The Balaban J connectivity index is 1.70. The maximum Gasteiger partial charge on any atom is 0.227 e. The number of halogens is 1. The SMILES string of the molecule is CC(=O)N1CCN(c2nnc(-c3cccnc3)n2Cc2ccccc2Cl)CC1. The number of piperazine rings is 1. The minimum atomic E-state index is 0.105. The van der Waals surface area contributed by atoms with E-state index in [9.17, 15) is 4.79 Å². The van der Waals surface area contributed by atoms with Crippen LogP contribution in [0.1, 0.15) is 12.5 Å². The van der Waals surface area contributed by atoms with Gasteiger partial charge in [-0.2, -0.15) is 0 Å². The van der Waals surface area contributed by atoms with E-state index in [1.807, 2.05) is 41.3 Å². The lowest BCUT2D eigenvalue weighted by molar-refractivity contribution is -0.129. The van der Waals surface area contributed by atoms with Gasteiger partial charge in [-0.15, -0.1) is 10.2 Å². The third-order valence-corrected chi connectivity index (χ3v) is 5.31. The first-order valence-corrected chi connectivity index (χ1v) is 9.59. The van der Waals surface area contributed by atoms with E-state index < -0.39 is 0 Å². The summed E-state index contributed by atoms with van der Waals surface area (Å²) in [5.74, 6) is 1.63. The summed E-state index contributed by atoms with van der Waals surface area (Å²) in [5.41, 5.74) is 1.90. The maximum absolute atomic E-state index is 11.6. The Morgan fingerprint density at radius 3 is 2.54 bits per heavy atom. The summed E-state index contributed by atoms with van der Waals surface area (Å²) in [4.78, 5) is 19.9.